The lowest BCUT2D eigenvalue weighted by Gasteiger charge is -2.26. The molecular weight excluding hydrogens is 188 g/mol. The highest BCUT2D eigenvalue weighted by Crippen LogP contribution is 2.39. The molecule has 0 saturated heterocycles. The van der Waals surface area contributed by atoms with E-state index >= 15 is 0 Å². The first-order chi connectivity index (χ1) is 6.91. The van der Waals surface area contributed by atoms with Gasteiger partial charge in [-0.3, -0.25) is 0 Å². The Bertz CT molecular complexity index is 357. The molecule has 2 rings (SSSR count). The van der Waals surface area contributed by atoms with E-state index in [1.165, 1.54) is 12.8 Å². The standard InChI is InChI=1S/C11H20N4/c1-7-13-14-10(9(12)11(2,3)4)15(7)8-5-6-8/h8-9H,5-6,12H2,1-4H3/t9-/m1/s1. The van der Waals surface area contributed by atoms with E-state index in [0.29, 0.717) is 6.04 Å². The second-order valence-corrected chi connectivity index (χ2v) is 5.55. The monoisotopic (exact) mass is 208 g/mol. The summed E-state index contributed by atoms with van der Waals surface area (Å²) >= 11 is 0. The molecule has 1 aromatic heterocycles. The molecule has 0 aliphatic heterocycles. The first-order valence-electron chi connectivity index (χ1n) is 5.58. The highest BCUT2D eigenvalue weighted by atomic mass is 15.3. The summed E-state index contributed by atoms with van der Waals surface area (Å²) in [7, 11) is 0. The Morgan fingerprint density at radius 3 is 2.40 bits per heavy atom. The maximum absolute atomic E-state index is 6.23. The molecule has 1 aliphatic rings. The van der Waals surface area contributed by atoms with Crippen molar-refractivity contribution >= 4 is 0 Å². The van der Waals surface area contributed by atoms with Gasteiger partial charge in [0.1, 0.15) is 5.82 Å². The van der Waals surface area contributed by atoms with E-state index in [2.05, 4.69) is 35.5 Å². The van der Waals surface area contributed by atoms with Crippen molar-refractivity contribution in [1.29, 1.82) is 0 Å². The van der Waals surface area contributed by atoms with E-state index in [1.807, 2.05) is 6.92 Å². The lowest BCUT2D eigenvalue weighted by atomic mass is 9.87. The zero-order valence-corrected chi connectivity index (χ0v) is 9.99. The molecule has 15 heavy (non-hydrogen) atoms. The van der Waals surface area contributed by atoms with Crippen LogP contribution in [0.1, 0.15) is 57.3 Å². The summed E-state index contributed by atoms with van der Waals surface area (Å²) < 4.78 is 2.22. The quantitative estimate of drug-likeness (QED) is 0.808. The molecule has 0 spiro atoms. The molecule has 4 heteroatoms. The smallest absolute Gasteiger partial charge is 0.150 e. The Balaban J connectivity index is 2.35. The maximum Gasteiger partial charge on any atom is 0.150 e. The Morgan fingerprint density at radius 2 is 1.93 bits per heavy atom. The molecule has 2 N–H and O–H groups in total. The summed E-state index contributed by atoms with van der Waals surface area (Å²) in [5.74, 6) is 1.94. The summed E-state index contributed by atoms with van der Waals surface area (Å²) in [6.07, 6.45) is 2.48. The zero-order valence-electron chi connectivity index (χ0n) is 9.99. The van der Waals surface area contributed by atoms with Gasteiger partial charge in [-0.1, -0.05) is 20.8 Å². The second kappa shape index (κ2) is 3.30. The average Bonchev–Trinajstić information content (AvgIpc) is 2.88. The van der Waals surface area contributed by atoms with Crippen molar-refractivity contribution < 1.29 is 0 Å². The summed E-state index contributed by atoms with van der Waals surface area (Å²) in [6, 6.07) is 0.558. The van der Waals surface area contributed by atoms with Gasteiger partial charge < -0.3 is 10.3 Å². The Kier molecular flexibility index (Phi) is 2.34. The molecule has 0 amide bonds. The fourth-order valence-corrected chi connectivity index (χ4v) is 1.77. The van der Waals surface area contributed by atoms with Gasteiger partial charge in [0.2, 0.25) is 0 Å². The minimum atomic E-state index is -0.0423. The van der Waals surface area contributed by atoms with Crippen LogP contribution >= 0.6 is 0 Å². The number of hydrogen-bond donors (Lipinski definition) is 1. The van der Waals surface area contributed by atoms with Crippen LogP contribution in [0.3, 0.4) is 0 Å². The Hall–Kier alpha value is -0.900. The van der Waals surface area contributed by atoms with E-state index in [-0.39, 0.29) is 11.5 Å². The van der Waals surface area contributed by atoms with Gasteiger partial charge in [0.25, 0.3) is 0 Å². The highest BCUT2D eigenvalue weighted by molar-refractivity contribution is 5.07. The van der Waals surface area contributed by atoms with Gasteiger partial charge in [-0.15, -0.1) is 10.2 Å². The molecule has 4 nitrogen and oxygen atoms in total. The number of aryl methyl sites for hydroxylation is 1. The lowest BCUT2D eigenvalue weighted by Crippen LogP contribution is -2.29. The fraction of sp³-hybridized carbons (Fsp3) is 0.818. The number of aromatic nitrogens is 3. The molecule has 1 aliphatic carbocycles. The van der Waals surface area contributed by atoms with Crippen molar-refractivity contribution in [3.63, 3.8) is 0 Å². The van der Waals surface area contributed by atoms with E-state index in [9.17, 15) is 0 Å². The minimum absolute atomic E-state index is 0.0338. The molecule has 1 fully saturated rings. The van der Waals surface area contributed by atoms with E-state index < -0.39 is 0 Å². The van der Waals surface area contributed by atoms with Gasteiger partial charge in [-0.25, -0.2) is 0 Å². The Labute approximate surface area is 90.9 Å². The van der Waals surface area contributed by atoms with Crippen LogP contribution in [-0.4, -0.2) is 14.8 Å². The topological polar surface area (TPSA) is 56.7 Å². The third-order valence-electron chi connectivity index (χ3n) is 3.02. The molecule has 1 heterocycles. The zero-order chi connectivity index (χ0) is 11.2. The van der Waals surface area contributed by atoms with Crippen LogP contribution in [0.4, 0.5) is 0 Å². The molecule has 0 bridgehead atoms. The van der Waals surface area contributed by atoms with Crippen molar-refractivity contribution in [2.75, 3.05) is 0 Å². The first kappa shape index (κ1) is 10.6. The number of nitrogens with two attached hydrogens (primary N) is 1. The first-order valence-corrected chi connectivity index (χ1v) is 5.58. The van der Waals surface area contributed by atoms with Crippen molar-refractivity contribution in [2.24, 2.45) is 11.1 Å². The second-order valence-electron chi connectivity index (χ2n) is 5.55. The highest BCUT2D eigenvalue weighted by Gasteiger charge is 2.33. The third-order valence-corrected chi connectivity index (χ3v) is 3.02. The maximum atomic E-state index is 6.23. The molecule has 0 radical (unpaired) electrons. The van der Waals surface area contributed by atoms with Crippen LogP contribution in [0, 0.1) is 12.3 Å². The largest absolute Gasteiger partial charge is 0.321 e. The summed E-state index contributed by atoms with van der Waals surface area (Å²) in [5, 5.41) is 8.38. The van der Waals surface area contributed by atoms with E-state index in [0.717, 1.165) is 11.6 Å². The minimum Gasteiger partial charge on any atom is -0.321 e. The Morgan fingerprint density at radius 1 is 1.33 bits per heavy atom. The van der Waals surface area contributed by atoms with E-state index in [1.54, 1.807) is 0 Å². The SMILES string of the molecule is Cc1nnc([C@@H](N)C(C)(C)C)n1C1CC1. The molecule has 84 valence electrons. The predicted octanol–water partition coefficient (Wildman–Crippen LogP) is 1.97. The van der Waals surface area contributed by atoms with Gasteiger partial charge in [0.15, 0.2) is 5.82 Å². The van der Waals surface area contributed by atoms with Crippen LogP contribution in [-0.2, 0) is 0 Å². The average molecular weight is 208 g/mol. The van der Waals surface area contributed by atoms with Crippen LogP contribution in [0.5, 0.6) is 0 Å². The van der Waals surface area contributed by atoms with Crippen LogP contribution in [0.25, 0.3) is 0 Å². The lowest BCUT2D eigenvalue weighted by molar-refractivity contribution is 0.306. The van der Waals surface area contributed by atoms with Crippen molar-refractivity contribution in [3.8, 4) is 0 Å². The third kappa shape index (κ3) is 1.91. The van der Waals surface area contributed by atoms with Crippen molar-refractivity contribution in [2.45, 2.75) is 52.6 Å². The summed E-state index contributed by atoms with van der Waals surface area (Å²) in [6.45, 7) is 8.42. The summed E-state index contributed by atoms with van der Waals surface area (Å²) in [4.78, 5) is 0. The number of hydrogen-bond acceptors (Lipinski definition) is 3. The molecule has 0 unspecified atom stereocenters. The summed E-state index contributed by atoms with van der Waals surface area (Å²) in [5.41, 5.74) is 6.26. The number of rotatable bonds is 2. The molecule has 0 aromatic carbocycles. The molecule has 1 aromatic rings. The molecule has 1 saturated carbocycles. The fourth-order valence-electron chi connectivity index (χ4n) is 1.77. The van der Waals surface area contributed by atoms with Crippen molar-refractivity contribution in [3.05, 3.63) is 11.6 Å². The van der Waals surface area contributed by atoms with Crippen LogP contribution < -0.4 is 5.73 Å². The van der Waals surface area contributed by atoms with Crippen LogP contribution in [0.2, 0.25) is 0 Å². The molecular formula is C11H20N4. The van der Waals surface area contributed by atoms with Crippen LogP contribution in [0.15, 0.2) is 0 Å². The van der Waals surface area contributed by atoms with Crippen molar-refractivity contribution in [1.82, 2.24) is 14.8 Å². The van der Waals surface area contributed by atoms with Gasteiger partial charge >= 0.3 is 0 Å². The normalized spacial score (nSPS) is 19.3. The molecule has 1 atom stereocenters. The van der Waals surface area contributed by atoms with E-state index in [4.69, 9.17) is 5.73 Å². The van der Waals surface area contributed by atoms with Gasteiger partial charge in [-0.2, -0.15) is 0 Å². The van der Waals surface area contributed by atoms with Gasteiger partial charge in [0, 0.05) is 6.04 Å². The number of nitrogens with zero attached hydrogens (tertiary/aromatic N) is 3. The predicted molar refractivity (Wildman–Crippen MR) is 59.4 cm³/mol. The van der Waals surface area contributed by atoms with Gasteiger partial charge in [0.05, 0.1) is 6.04 Å². The van der Waals surface area contributed by atoms with Gasteiger partial charge in [-0.05, 0) is 25.2 Å².